The van der Waals surface area contributed by atoms with Crippen LogP contribution in [0.15, 0.2) is 76.5 Å². The molecule has 2 aromatic carbocycles. The van der Waals surface area contributed by atoms with Crippen LogP contribution >= 0.6 is 11.8 Å². The summed E-state index contributed by atoms with van der Waals surface area (Å²) in [7, 11) is 0. The summed E-state index contributed by atoms with van der Waals surface area (Å²) in [6.07, 6.45) is 1.82. The third-order valence-corrected chi connectivity index (χ3v) is 4.80. The molecular formula is C20H14N4OS. The smallest absolute Gasteiger partial charge is 0.277 e. The summed E-state index contributed by atoms with van der Waals surface area (Å²) in [5, 5.41) is 17.9. The van der Waals surface area contributed by atoms with Crippen LogP contribution in [-0.2, 0) is 5.75 Å². The van der Waals surface area contributed by atoms with Gasteiger partial charge in [0.1, 0.15) is 5.69 Å². The van der Waals surface area contributed by atoms with E-state index < -0.39 is 0 Å². The van der Waals surface area contributed by atoms with Crippen molar-refractivity contribution >= 4 is 11.8 Å². The molecule has 0 spiro atoms. The maximum absolute atomic E-state index is 9.24. The number of aromatic amines is 1. The van der Waals surface area contributed by atoms with Gasteiger partial charge >= 0.3 is 0 Å². The molecule has 0 atom stereocenters. The van der Waals surface area contributed by atoms with Gasteiger partial charge in [0.2, 0.25) is 0 Å². The fourth-order valence-corrected chi connectivity index (χ4v) is 3.32. The Hall–Kier alpha value is -3.30. The number of hydrogen-bond donors (Lipinski definition) is 1. The summed E-state index contributed by atoms with van der Waals surface area (Å²) in [5.41, 5.74) is 4.61. The van der Waals surface area contributed by atoms with Gasteiger partial charge in [-0.1, -0.05) is 54.2 Å². The minimum absolute atomic E-state index is 0.487. The highest BCUT2D eigenvalue weighted by Crippen LogP contribution is 2.27. The molecule has 0 amide bonds. The number of hydrogen-bond acceptors (Lipinski definition) is 5. The molecule has 0 bridgehead atoms. The fourth-order valence-electron chi connectivity index (χ4n) is 2.60. The molecule has 0 radical (unpaired) electrons. The lowest BCUT2D eigenvalue weighted by Gasteiger charge is -2.05. The molecule has 126 valence electrons. The SMILES string of the molecule is N#Cc1ccccc1-c1ccc(CSc2nnc(-c3ccc[nH]3)o2)cc1. The van der Waals surface area contributed by atoms with Gasteiger partial charge in [0.15, 0.2) is 0 Å². The average molecular weight is 358 g/mol. The molecule has 0 aliphatic carbocycles. The van der Waals surface area contributed by atoms with Crippen LogP contribution in [0, 0.1) is 11.3 Å². The van der Waals surface area contributed by atoms with Crippen LogP contribution in [-0.4, -0.2) is 15.2 Å². The minimum atomic E-state index is 0.487. The number of aromatic nitrogens is 3. The van der Waals surface area contributed by atoms with Crippen molar-refractivity contribution in [2.24, 2.45) is 0 Å². The second-order valence-corrected chi connectivity index (χ2v) is 6.53. The van der Waals surface area contributed by atoms with Crippen molar-refractivity contribution in [2.45, 2.75) is 11.0 Å². The Bertz CT molecular complexity index is 1050. The van der Waals surface area contributed by atoms with Crippen LogP contribution in [0.5, 0.6) is 0 Å². The number of benzene rings is 2. The van der Waals surface area contributed by atoms with E-state index in [9.17, 15) is 5.26 Å². The van der Waals surface area contributed by atoms with Gasteiger partial charge in [-0.2, -0.15) is 5.26 Å². The molecule has 5 nitrogen and oxygen atoms in total. The molecule has 0 unspecified atom stereocenters. The number of nitriles is 1. The fraction of sp³-hybridized carbons (Fsp3) is 0.0500. The zero-order valence-corrected chi connectivity index (χ0v) is 14.5. The Morgan fingerprint density at radius 1 is 1.00 bits per heavy atom. The summed E-state index contributed by atoms with van der Waals surface area (Å²) < 4.78 is 5.65. The van der Waals surface area contributed by atoms with Crippen molar-refractivity contribution < 1.29 is 4.42 Å². The number of thioether (sulfide) groups is 1. The van der Waals surface area contributed by atoms with Crippen molar-refractivity contribution in [1.29, 1.82) is 5.26 Å². The van der Waals surface area contributed by atoms with Crippen LogP contribution in [0.3, 0.4) is 0 Å². The van der Waals surface area contributed by atoms with Crippen molar-refractivity contribution in [2.75, 3.05) is 0 Å². The van der Waals surface area contributed by atoms with Gasteiger partial charge in [0.05, 0.1) is 11.6 Å². The van der Waals surface area contributed by atoms with Crippen molar-refractivity contribution in [3.05, 3.63) is 78.0 Å². The Morgan fingerprint density at radius 2 is 1.85 bits per heavy atom. The van der Waals surface area contributed by atoms with Crippen molar-refractivity contribution in [3.8, 4) is 28.8 Å². The van der Waals surface area contributed by atoms with E-state index in [1.165, 1.54) is 11.8 Å². The lowest BCUT2D eigenvalue weighted by Crippen LogP contribution is -1.85. The molecule has 1 N–H and O–H groups in total. The van der Waals surface area contributed by atoms with E-state index in [4.69, 9.17) is 4.42 Å². The predicted molar refractivity (Wildman–Crippen MR) is 100 cm³/mol. The van der Waals surface area contributed by atoms with E-state index in [-0.39, 0.29) is 0 Å². The summed E-state index contributed by atoms with van der Waals surface area (Å²) in [4.78, 5) is 3.04. The summed E-state index contributed by atoms with van der Waals surface area (Å²) in [5.74, 6) is 1.22. The van der Waals surface area contributed by atoms with E-state index in [0.717, 1.165) is 28.1 Å². The number of H-pyrrole nitrogens is 1. The molecule has 4 aromatic rings. The molecular weight excluding hydrogens is 344 g/mol. The van der Waals surface area contributed by atoms with E-state index in [0.29, 0.717) is 16.7 Å². The third-order valence-electron chi connectivity index (χ3n) is 3.91. The van der Waals surface area contributed by atoms with Gasteiger partial charge in [-0.15, -0.1) is 10.2 Å². The van der Waals surface area contributed by atoms with Gasteiger partial charge in [0.25, 0.3) is 11.1 Å². The van der Waals surface area contributed by atoms with Crippen molar-refractivity contribution in [1.82, 2.24) is 15.2 Å². The zero-order valence-electron chi connectivity index (χ0n) is 13.7. The summed E-state index contributed by atoms with van der Waals surface area (Å²) in [6, 6.07) is 21.8. The van der Waals surface area contributed by atoms with Crippen molar-refractivity contribution in [3.63, 3.8) is 0 Å². The highest BCUT2D eigenvalue weighted by atomic mass is 32.2. The Kier molecular flexibility index (Phi) is 4.54. The van der Waals surface area contributed by atoms with E-state index in [2.05, 4.69) is 33.4 Å². The highest BCUT2D eigenvalue weighted by molar-refractivity contribution is 7.98. The van der Waals surface area contributed by atoms with Crippen LogP contribution in [0.2, 0.25) is 0 Å². The molecule has 4 rings (SSSR count). The molecule has 0 saturated heterocycles. The number of nitrogens with one attached hydrogen (secondary N) is 1. The first-order valence-electron chi connectivity index (χ1n) is 8.02. The molecule has 26 heavy (non-hydrogen) atoms. The molecule has 2 aromatic heterocycles. The Labute approximate surface area is 154 Å². The number of rotatable bonds is 5. The largest absolute Gasteiger partial charge is 0.410 e. The summed E-state index contributed by atoms with van der Waals surface area (Å²) in [6.45, 7) is 0. The van der Waals surface area contributed by atoms with E-state index in [1.807, 2.05) is 54.7 Å². The topological polar surface area (TPSA) is 78.5 Å². The van der Waals surface area contributed by atoms with Gasteiger partial charge in [-0.3, -0.25) is 0 Å². The van der Waals surface area contributed by atoms with Gasteiger partial charge in [-0.25, -0.2) is 0 Å². The quantitative estimate of drug-likeness (QED) is 0.514. The van der Waals surface area contributed by atoms with Crippen LogP contribution < -0.4 is 0 Å². The monoisotopic (exact) mass is 358 g/mol. The first-order chi connectivity index (χ1) is 12.8. The third kappa shape index (κ3) is 3.39. The second kappa shape index (κ2) is 7.30. The molecule has 6 heteroatoms. The molecule has 0 saturated carbocycles. The maximum atomic E-state index is 9.24. The molecule has 0 fully saturated rings. The van der Waals surface area contributed by atoms with Gasteiger partial charge < -0.3 is 9.40 Å². The highest BCUT2D eigenvalue weighted by Gasteiger charge is 2.10. The van der Waals surface area contributed by atoms with Crippen LogP contribution in [0.4, 0.5) is 0 Å². The lowest BCUT2D eigenvalue weighted by molar-refractivity contribution is 0.464. The Balaban J connectivity index is 1.44. The van der Waals surface area contributed by atoms with E-state index in [1.54, 1.807) is 0 Å². The second-order valence-electron chi connectivity index (χ2n) is 5.60. The first-order valence-corrected chi connectivity index (χ1v) is 9.00. The minimum Gasteiger partial charge on any atom is -0.410 e. The van der Waals surface area contributed by atoms with Gasteiger partial charge in [0, 0.05) is 11.9 Å². The van der Waals surface area contributed by atoms with E-state index >= 15 is 0 Å². The average Bonchev–Trinajstić information content (AvgIpc) is 3.38. The normalized spacial score (nSPS) is 10.6. The standard InChI is InChI=1S/C20H14N4OS/c21-12-16-4-1-2-5-17(16)15-9-7-14(8-10-15)13-26-20-24-23-19(25-20)18-6-3-11-22-18/h1-11,22H,13H2. The molecule has 2 heterocycles. The summed E-state index contributed by atoms with van der Waals surface area (Å²) >= 11 is 1.49. The molecule has 0 aliphatic heterocycles. The Morgan fingerprint density at radius 3 is 2.62 bits per heavy atom. The molecule has 0 aliphatic rings. The predicted octanol–water partition coefficient (Wildman–Crippen LogP) is 4.90. The zero-order chi connectivity index (χ0) is 17.8. The number of nitrogens with zero attached hydrogens (tertiary/aromatic N) is 3. The van der Waals surface area contributed by atoms with Crippen LogP contribution in [0.1, 0.15) is 11.1 Å². The van der Waals surface area contributed by atoms with Gasteiger partial charge in [-0.05, 0) is 34.9 Å². The first kappa shape index (κ1) is 16.2. The van der Waals surface area contributed by atoms with Crippen LogP contribution in [0.25, 0.3) is 22.7 Å². The lowest BCUT2D eigenvalue weighted by atomic mass is 10.00. The maximum Gasteiger partial charge on any atom is 0.277 e.